The van der Waals surface area contributed by atoms with Crippen LogP contribution >= 0.6 is 0 Å². The molecule has 0 radical (unpaired) electrons. The Morgan fingerprint density at radius 2 is 2.11 bits per heavy atom. The Hall–Kier alpha value is -2.11. The summed E-state index contributed by atoms with van der Waals surface area (Å²) >= 11 is 0. The number of carbonyl (C=O) groups is 2. The zero-order valence-corrected chi connectivity index (χ0v) is 10.3. The van der Waals surface area contributed by atoms with Gasteiger partial charge in [-0.25, -0.2) is 0 Å². The molecule has 1 aromatic rings. The number of amides is 1. The van der Waals surface area contributed by atoms with Crippen LogP contribution in [0.5, 0.6) is 0 Å². The van der Waals surface area contributed by atoms with Crippen molar-refractivity contribution in [2.45, 2.75) is 26.3 Å². The number of carboxylic acid groups (broad SMARTS) is 1. The number of aromatic nitrogens is 1. The first-order valence-electron chi connectivity index (χ1n) is 5.67. The van der Waals surface area contributed by atoms with Crippen LogP contribution in [0.2, 0.25) is 0 Å². The molecule has 1 atom stereocenters. The lowest BCUT2D eigenvalue weighted by Crippen LogP contribution is -2.39. The van der Waals surface area contributed by atoms with Crippen LogP contribution in [0.3, 0.4) is 0 Å². The van der Waals surface area contributed by atoms with Gasteiger partial charge in [0.15, 0.2) is 0 Å². The number of rotatable bonds is 5. The first-order valence-corrected chi connectivity index (χ1v) is 5.67. The maximum atomic E-state index is 12.1. The fraction of sp³-hybridized carbons (Fsp3) is 0.417. The minimum absolute atomic E-state index is 0.108. The lowest BCUT2D eigenvalue weighted by Gasteiger charge is -2.26. The average molecular weight is 252 g/mol. The van der Waals surface area contributed by atoms with E-state index in [0.717, 1.165) is 0 Å². The molecule has 6 nitrogen and oxygen atoms in total. The van der Waals surface area contributed by atoms with Gasteiger partial charge in [0.2, 0.25) is 5.56 Å². The minimum Gasteiger partial charge on any atom is -0.481 e. The molecule has 6 heteroatoms. The van der Waals surface area contributed by atoms with E-state index in [4.69, 9.17) is 5.11 Å². The third-order valence-corrected chi connectivity index (χ3v) is 2.63. The molecule has 0 bridgehead atoms. The van der Waals surface area contributed by atoms with Crippen molar-refractivity contribution in [3.05, 3.63) is 34.2 Å². The Labute approximate surface area is 104 Å². The summed E-state index contributed by atoms with van der Waals surface area (Å²) in [6, 6.07) is 2.30. The van der Waals surface area contributed by atoms with Crippen LogP contribution in [-0.4, -0.2) is 39.5 Å². The Bertz CT molecular complexity index is 475. The van der Waals surface area contributed by atoms with Crippen LogP contribution in [0, 0.1) is 0 Å². The lowest BCUT2D eigenvalue weighted by molar-refractivity contribution is -0.138. The maximum Gasteiger partial charge on any atom is 0.305 e. The number of carboxylic acids is 1. The van der Waals surface area contributed by atoms with E-state index in [1.807, 2.05) is 0 Å². The molecular weight excluding hydrogens is 236 g/mol. The predicted octanol–water partition coefficient (Wildman–Crippen LogP) is 0.700. The topological polar surface area (TPSA) is 90.5 Å². The first kappa shape index (κ1) is 14.0. The molecule has 0 aliphatic rings. The van der Waals surface area contributed by atoms with Gasteiger partial charge in [-0.3, -0.25) is 14.4 Å². The van der Waals surface area contributed by atoms with E-state index >= 15 is 0 Å². The Morgan fingerprint density at radius 1 is 1.44 bits per heavy atom. The molecule has 0 spiro atoms. The van der Waals surface area contributed by atoms with Crippen molar-refractivity contribution in [3.8, 4) is 0 Å². The summed E-state index contributed by atoms with van der Waals surface area (Å²) < 4.78 is 0. The number of hydrogen-bond acceptors (Lipinski definition) is 3. The quantitative estimate of drug-likeness (QED) is 0.807. The van der Waals surface area contributed by atoms with Crippen molar-refractivity contribution in [3.63, 3.8) is 0 Å². The van der Waals surface area contributed by atoms with Gasteiger partial charge in [0.05, 0.1) is 12.0 Å². The molecular formula is C12H16N2O4. The third-order valence-electron chi connectivity index (χ3n) is 2.63. The molecule has 2 N–H and O–H groups in total. The number of carbonyl (C=O) groups excluding carboxylic acids is 1. The second-order valence-electron chi connectivity index (χ2n) is 3.98. The molecule has 1 aromatic heterocycles. The van der Waals surface area contributed by atoms with Crippen LogP contribution in [0.1, 0.15) is 30.6 Å². The Morgan fingerprint density at radius 3 is 2.56 bits per heavy atom. The second-order valence-corrected chi connectivity index (χ2v) is 3.98. The van der Waals surface area contributed by atoms with Crippen molar-refractivity contribution < 1.29 is 14.7 Å². The van der Waals surface area contributed by atoms with Crippen molar-refractivity contribution >= 4 is 11.9 Å². The van der Waals surface area contributed by atoms with Crippen LogP contribution < -0.4 is 5.56 Å². The SMILES string of the molecule is CCN(C(=O)c1ccc(=O)[nH]c1)C(C)CC(=O)O. The largest absolute Gasteiger partial charge is 0.481 e. The highest BCUT2D eigenvalue weighted by molar-refractivity contribution is 5.94. The van der Waals surface area contributed by atoms with Gasteiger partial charge in [0.1, 0.15) is 0 Å². The summed E-state index contributed by atoms with van der Waals surface area (Å²) in [7, 11) is 0. The molecule has 98 valence electrons. The highest BCUT2D eigenvalue weighted by Crippen LogP contribution is 2.09. The number of hydrogen-bond donors (Lipinski definition) is 2. The van der Waals surface area contributed by atoms with Crippen molar-refractivity contribution in [1.29, 1.82) is 0 Å². The average Bonchev–Trinajstić information content (AvgIpc) is 2.29. The van der Waals surface area contributed by atoms with E-state index < -0.39 is 12.0 Å². The molecule has 0 saturated carbocycles. The van der Waals surface area contributed by atoms with E-state index in [1.54, 1.807) is 13.8 Å². The number of H-pyrrole nitrogens is 1. The highest BCUT2D eigenvalue weighted by atomic mass is 16.4. The van der Waals surface area contributed by atoms with Gasteiger partial charge in [-0.1, -0.05) is 0 Å². The smallest absolute Gasteiger partial charge is 0.305 e. The normalized spacial score (nSPS) is 11.9. The van der Waals surface area contributed by atoms with Gasteiger partial charge in [0.25, 0.3) is 5.91 Å². The van der Waals surface area contributed by atoms with Crippen molar-refractivity contribution in [2.24, 2.45) is 0 Å². The van der Waals surface area contributed by atoms with Gasteiger partial charge in [-0.05, 0) is 19.9 Å². The maximum absolute atomic E-state index is 12.1. The number of pyridine rings is 1. The summed E-state index contributed by atoms with van der Waals surface area (Å²) in [6.07, 6.45) is 1.23. The highest BCUT2D eigenvalue weighted by Gasteiger charge is 2.21. The van der Waals surface area contributed by atoms with Crippen LogP contribution in [-0.2, 0) is 4.79 Å². The molecule has 1 amide bonds. The Kier molecular flexibility index (Phi) is 4.65. The Balaban J connectivity index is 2.88. The van der Waals surface area contributed by atoms with Crippen molar-refractivity contribution in [2.75, 3.05) is 6.54 Å². The number of aromatic amines is 1. The zero-order chi connectivity index (χ0) is 13.7. The molecule has 0 aliphatic carbocycles. The lowest BCUT2D eigenvalue weighted by atomic mass is 10.1. The van der Waals surface area contributed by atoms with E-state index in [-0.39, 0.29) is 17.9 Å². The standard InChI is InChI=1S/C12H16N2O4/c1-3-14(8(2)6-11(16)17)12(18)9-4-5-10(15)13-7-9/h4-5,7-8H,3,6H2,1-2H3,(H,13,15)(H,16,17). The van der Waals surface area contributed by atoms with Gasteiger partial charge in [0, 0.05) is 24.8 Å². The third kappa shape index (κ3) is 3.44. The number of aliphatic carboxylic acids is 1. The van der Waals surface area contributed by atoms with Gasteiger partial charge >= 0.3 is 5.97 Å². The van der Waals surface area contributed by atoms with Crippen LogP contribution in [0.25, 0.3) is 0 Å². The molecule has 0 saturated heterocycles. The summed E-state index contributed by atoms with van der Waals surface area (Å²) in [5.41, 5.74) is 0.0573. The van der Waals surface area contributed by atoms with Gasteiger partial charge in [-0.2, -0.15) is 0 Å². The molecule has 18 heavy (non-hydrogen) atoms. The van der Waals surface area contributed by atoms with E-state index in [9.17, 15) is 14.4 Å². The molecule has 1 rings (SSSR count). The minimum atomic E-state index is -0.949. The van der Waals surface area contributed by atoms with Crippen molar-refractivity contribution in [1.82, 2.24) is 9.88 Å². The van der Waals surface area contributed by atoms with E-state index in [1.165, 1.54) is 23.2 Å². The second kappa shape index (κ2) is 6.00. The number of nitrogens with one attached hydrogen (secondary N) is 1. The molecule has 1 unspecified atom stereocenters. The van der Waals surface area contributed by atoms with E-state index in [2.05, 4.69) is 4.98 Å². The summed E-state index contributed by atoms with van der Waals surface area (Å²) in [6.45, 7) is 3.87. The zero-order valence-electron chi connectivity index (χ0n) is 10.3. The summed E-state index contributed by atoms with van der Waals surface area (Å²) in [5.74, 6) is -1.24. The molecule has 0 aliphatic heterocycles. The first-order chi connectivity index (χ1) is 8.45. The van der Waals surface area contributed by atoms with Gasteiger partial charge in [-0.15, -0.1) is 0 Å². The summed E-state index contributed by atoms with van der Waals surface area (Å²) in [4.78, 5) is 37.6. The molecule has 1 heterocycles. The monoisotopic (exact) mass is 252 g/mol. The van der Waals surface area contributed by atoms with Crippen LogP contribution in [0.15, 0.2) is 23.1 Å². The number of nitrogens with zero attached hydrogens (tertiary/aromatic N) is 1. The van der Waals surface area contributed by atoms with Crippen LogP contribution in [0.4, 0.5) is 0 Å². The fourth-order valence-electron chi connectivity index (χ4n) is 1.73. The summed E-state index contributed by atoms with van der Waals surface area (Å²) in [5, 5.41) is 8.73. The van der Waals surface area contributed by atoms with Gasteiger partial charge < -0.3 is 15.0 Å². The molecule has 0 aromatic carbocycles. The molecule has 0 fully saturated rings. The predicted molar refractivity (Wildman–Crippen MR) is 65.5 cm³/mol. The fourth-order valence-corrected chi connectivity index (χ4v) is 1.73. The van der Waals surface area contributed by atoms with E-state index in [0.29, 0.717) is 12.1 Å².